The van der Waals surface area contributed by atoms with Crippen molar-refractivity contribution in [3.8, 4) is 0 Å². The number of benzene rings is 1. The molecular weight excluding hydrogens is 375 g/mol. The number of carbonyl (C=O) groups is 2. The molecule has 0 aliphatic heterocycles. The van der Waals surface area contributed by atoms with Crippen molar-refractivity contribution >= 4 is 39.6 Å². The van der Waals surface area contributed by atoms with E-state index in [1.165, 1.54) is 17.8 Å². The maximum atomic E-state index is 13.6. The van der Waals surface area contributed by atoms with Gasteiger partial charge in [0.2, 0.25) is 0 Å². The molecule has 1 aromatic rings. The van der Waals surface area contributed by atoms with E-state index >= 15 is 0 Å². The average Bonchev–Trinajstić information content (AvgIpc) is 2.43. The van der Waals surface area contributed by atoms with Crippen molar-refractivity contribution < 1.29 is 23.8 Å². The number of carboxylic acids is 1. The number of rotatable bonds is 7. The average molecular weight is 393 g/mol. The quantitative estimate of drug-likeness (QED) is 0.551. The first-order chi connectivity index (χ1) is 10.3. The minimum atomic E-state index is -1.35. The van der Waals surface area contributed by atoms with Crippen LogP contribution in [0, 0.1) is 11.7 Å². The fourth-order valence-corrected chi connectivity index (χ4v) is 3.32. The van der Waals surface area contributed by atoms with E-state index in [2.05, 4.69) is 15.9 Å². The van der Waals surface area contributed by atoms with Gasteiger partial charge in [0, 0.05) is 9.37 Å². The Bertz CT molecular complexity index is 563. The van der Waals surface area contributed by atoms with Crippen LogP contribution in [0.5, 0.6) is 0 Å². The van der Waals surface area contributed by atoms with Gasteiger partial charge in [-0.15, -0.1) is 11.8 Å². The lowest BCUT2D eigenvalue weighted by atomic mass is 10.1. The molecule has 1 aromatic carbocycles. The highest BCUT2D eigenvalue weighted by atomic mass is 79.9. The summed E-state index contributed by atoms with van der Waals surface area (Å²) in [6, 6.07) is 2.33. The standard InChI is InChI=1S/C15H18BrFO4S/c1-4-5-21-15(20)13(8(2)3)22-12-6-9(14(18)19)11(17)7-10(12)16/h6-8,13H,4-5H2,1-3H3,(H,18,19). The number of halogens is 2. The molecule has 0 aliphatic rings. The van der Waals surface area contributed by atoms with E-state index in [4.69, 9.17) is 9.84 Å². The van der Waals surface area contributed by atoms with Crippen LogP contribution in [0.3, 0.4) is 0 Å². The molecule has 122 valence electrons. The van der Waals surface area contributed by atoms with Crippen LogP contribution in [-0.2, 0) is 9.53 Å². The molecule has 0 aromatic heterocycles. The van der Waals surface area contributed by atoms with Crippen LogP contribution in [0.1, 0.15) is 37.6 Å². The van der Waals surface area contributed by atoms with E-state index in [1.807, 2.05) is 20.8 Å². The highest BCUT2D eigenvalue weighted by Gasteiger charge is 2.27. The lowest BCUT2D eigenvalue weighted by Crippen LogP contribution is -2.26. The maximum absolute atomic E-state index is 13.6. The second-order valence-electron chi connectivity index (χ2n) is 5.02. The summed E-state index contributed by atoms with van der Waals surface area (Å²) in [4.78, 5) is 23.6. The van der Waals surface area contributed by atoms with Gasteiger partial charge < -0.3 is 9.84 Å². The van der Waals surface area contributed by atoms with Crippen LogP contribution in [0.15, 0.2) is 21.5 Å². The second-order valence-corrected chi connectivity index (χ2v) is 7.06. The topological polar surface area (TPSA) is 63.6 Å². The van der Waals surface area contributed by atoms with Gasteiger partial charge in [-0.05, 0) is 40.4 Å². The molecule has 0 saturated carbocycles. The second kappa shape index (κ2) is 8.53. The van der Waals surface area contributed by atoms with Crippen molar-refractivity contribution in [3.05, 3.63) is 28.0 Å². The van der Waals surface area contributed by atoms with Gasteiger partial charge in [-0.25, -0.2) is 9.18 Å². The fraction of sp³-hybridized carbons (Fsp3) is 0.467. The third-order valence-corrected chi connectivity index (χ3v) is 5.29. The molecule has 0 heterocycles. The van der Waals surface area contributed by atoms with Crippen molar-refractivity contribution in [1.82, 2.24) is 0 Å². The summed E-state index contributed by atoms with van der Waals surface area (Å²) in [5, 5.41) is 8.50. The molecule has 1 rings (SSSR count). The summed E-state index contributed by atoms with van der Waals surface area (Å²) in [6.45, 7) is 5.99. The molecule has 0 bridgehead atoms. The molecule has 0 radical (unpaired) electrons. The number of ether oxygens (including phenoxy) is 1. The Kier molecular flexibility index (Phi) is 7.35. The first kappa shape index (κ1) is 19.0. The smallest absolute Gasteiger partial charge is 0.338 e. The molecule has 7 heteroatoms. The number of thioether (sulfide) groups is 1. The summed E-state index contributed by atoms with van der Waals surface area (Å²) >= 11 is 4.37. The lowest BCUT2D eigenvalue weighted by molar-refractivity contribution is -0.143. The number of carbonyl (C=O) groups excluding carboxylic acids is 1. The van der Waals surface area contributed by atoms with Crippen LogP contribution in [0.4, 0.5) is 4.39 Å². The summed E-state index contributed by atoms with van der Waals surface area (Å²) in [6.07, 6.45) is 0.727. The van der Waals surface area contributed by atoms with E-state index < -0.39 is 22.6 Å². The van der Waals surface area contributed by atoms with Gasteiger partial charge in [-0.3, -0.25) is 4.79 Å². The summed E-state index contributed by atoms with van der Waals surface area (Å²) in [7, 11) is 0. The Hall–Kier alpha value is -1.08. The largest absolute Gasteiger partial charge is 0.478 e. The number of hydrogen-bond acceptors (Lipinski definition) is 4. The summed E-state index contributed by atoms with van der Waals surface area (Å²) < 4.78 is 19.2. The van der Waals surface area contributed by atoms with E-state index in [9.17, 15) is 14.0 Å². The van der Waals surface area contributed by atoms with Gasteiger partial charge >= 0.3 is 11.9 Å². The molecule has 0 fully saturated rings. The van der Waals surface area contributed by atoms with E-state index in [-0.39, 0.29) is 11.9 Å². The molecule has 0 saturated heterocycles. The SMILES string of the molecule is CCCOC(=O)C(Sc1cc(C(=O)O)c(F)cc1Br)C(C)C. The zero-order valence-corrected chi connectivity index (χ0v) is 15.0. The Morgan fingerprint density at radius 3 is 2.55 bits per heavy atom. The van der Waals surface area contributed by atoms with E-state index in [1.54, 1.807) is 0 Å². The number of esters is 1. The fourth-order valence-electron chi connectivity index (χ4n) is 1.66. The van der Waals surface area contributed by atoms with Gasteiger partial charge in [-0.1, -0.05) is 20.8 Å². The predicted molar refractivity (Wildman–Crippen MR) is 86.8 cm³/mol. The first-order valence-electron chi connectivity index (χ1n) is 6.83. The van der Waals surface area contributed by atoms with Gasteiger partial charge in [0.1, 0.15) is 11.1 Å². The minimum absolute atomic E-state index is 0.0143. The molecule has 0 amide bonds. The molecule has 4 nitrogen and oxygen atoms in total. The highest BCUT2D eigenvalue weighted by molar-refractivity contribution is 9.10. The van der Waals surface area contributed by atoms with Crippen LogP contribution < -0.4 is 0 Å². The van der Waals surface area contributed by atoms with Gasteiger partial charge in [0.25, 0.3) is 0 Å². The Morgan fingerprint density at radius 2 is 2.05 bits per heavy atom. The Morgan fingerprint density at radius 1 is 1.41 bits per heavy atom. The van der Waals surface area contributed by atoms with Crippen molar-refractivity contribution in [2.45, 2.75) is 37.3 Å². The van der Waals surface area contributed by atoms with Gasteiger partial charge in [-0.2, -0.15) is 0 Å². The van der Waals surface area contributed by atoms with Crippen molar-refractivity contribution in [2.24, 2.45) is 5.92 Å². The number of aromatic carboxylic acids is 1. The van der Waals surface area contributed by atoms with E-state index in [0.717, 1.165) is 12.5 Å². The van der Waals surface area contributed by atoms with Gasteiger partial charge in [0.05, 0.1) is 12.2 Å². The van der Waals surface area contributed by atoms with Crippen molar-refractivity contribution in [3.63, 3.8) is 0 Å². The molecule has 1 N–H and O–H groups in total. The normalized spacial score (nSPS) is 12.3. The van der Waals surface area contributed by atoms with Crippen LogP contribution >= 0.6 is 27.7 Å². The monoisotopic (exact) mass is 392 g/mol. The zero-order chi connectivity index (χ0) is 16.9. The summed E-state index contributed by atoms with van der Waals surface area (Å²) in [5.41, 5.74) is -0.421. The van der Waals surface area contributed by atoms with Crippen molar-refractivity contribution in [1.29, 1.82) is 0 Å². The van der Waals surface area contributed by atoms with Gasteiger partial charge in [0.15, 0.2) is 0 Å². The summed E-state index contributed by atoms with van der Waals surface area (Å²) in [5.74, 6) is -2.53. The van der Waals surface area contributed by atoms with Crippen LogP contribution in [0.25, 0.3) is 0 Å². The molecule has 1 unspecified atom stereocenters. The molecule has 0 aliphatic carbocycles. The Balaban J connectivity index is 3.05. The molecule has 22 heavy (non-hydrogen) atoms. The third kappa shape index (κ3) is 4.98. The molecule has 1 atom stereocenters. The van der Waals surface area contributed by atoms with Crippen LogP contribution in [0.2, 0.25) is 0 Å². The lowest BCUT2D eigenvalue weighted by Gasteiger charge is -2.19. The maximum Gasteiger partial charge on any atom is 0.338 e. The van der Waals surface area contributed by atoms with Crippen molar-refractivity contribution in [2.75, 3.05) is 6.61 Å². The number of hydrogen-bond donors (Lipinski definition) is 1. The molecular formula is C15H18BrFO4S. The highest BCUT2D eigenvalue weighted by Crippen LogP contribution is 2.36. The molecule has 0 spiro atoms. The number of carboxylic acid groups (broad SMARTS) is 1. The third-order valence-electron chi connectivity index (χ3n) is 2.79. The van der Waals surface area contributed by atoms with Crippen LogP contribution in [-0.4, -0.2) is 28.9 Å². The Labute approximate surface area is 141 Å². The predicted octanol–water partition coefficient (Wildman–Crippen LogP) is 4.36. The van der Waals surface area contributed by atoms with E-state index in [0.29, 0.717) is 16.0 Å². The minimum Gasteiger partial charge on any atom is -0.478 e. The first-order valence-corrected chi connectivity index (χ1v) is 8.50. The zero-order valence-electron chi connectivity index (χ0n) is 12.6.